The van der Waals surface area contributed by atoms with Crippen molar-refractivity contribution >= 4 is 34.2 Å². The lowest BCUT2D eigenvalue weighted by Crippen LogP contribution is -2.29. The van der Waals surface area contributed by atoms with Crippen molar-refractivity contribution in [3.8, 4) is 5.75 Å². The van der Waals surface area contributed by atoms with Gasteiger partial charge in [0.2, 0.25) is 5.76 Å². The van der Waals surface area contributed by atoms with Gasteiger partial charge in [-0.05, 0) is 72.9 Å². The monoisotopic (exact) mass is 487 g/mol. The summed E-state index contributed by atoms with van der Waals surface area (Å²) in [5.41, 5.74) is 2.86. The molecule has 5 nitrogen and oxygen atoms in total. The molecule has 0 bridgehead atoms. The molecule has 1 unspecified atom stereocenters. The Morgan fingerprint density at radius 2 is 1.83 bits per heavy atom. The number of amides is 1. The Bertz CT molecular complexity index is 1490. The Morgan fingerprint density at radius 3 is 2.60 bits per heavy atom. The smallest absolute Gasteiger partial charge is 0.295 e. The van der Waals surface area contributed by atoms with Crippen LogP contribution in [0.5, 0.6) is 5.75 Å². The summed E-state index contributed by atoms with van der Waals surface area (Å²) in [7, 11) is 0. The zero-order valence-corrected chi connectivity index (χ0v) is 20.6. The van der Waals surface area contributed by atoms with Crippen LogP contribution >= 0.6 is 11.6 Å². The second-order valence-electron chi connectivity index (χ2n) is 9.33. The molecule has 5 rings (SSSR count). The maximum atomic E-state index is 13.7. The van der Waals surface area contributed by atoms with Gasteiger partial charge in [-0.1, -0.05) is 49.7 Å². The van der Waals surface area contributed by atoms with E-state index in [1.54, 1.807) is 23.1 Å². The van der Waals surface area contributed by atoms with Gasteiger partial charge in [-0.3, -0.25) is 14.5 Å². The first-order valence-electron chi connectivity index (χ1n) is 11.7. The highest BCUT2D eigenvalue weighted by Gasteiger charge is 2.43. The van der Waals surface area contributed by atoms with Crippen molar-refractivity contribution < 1.29 is 13.9 Å². The fourth-order valence-electron chi connectivity index (χ4n) is 4.49. The van der Waals surface area contributed by atoms with Crippen molar-refractivity contribution in [3.63, 3.8) is 0 Å². The Labute approximate surface area is 208 Å². The van der Waals surface area contributed by atoms with Gasteiger partial charge >= 0.3 is 0 Å². The largest absolute Gasteiger partial charge is 0.494 e. The number of carbonyl (C=O) groups is 1. The van der Waals surface area contributed by atoms with Crippen molar-refractivity contribution in [2.45, 2.75) is 33.2 Å². The number of hydrogen-bond acceptors (Lipinski definition) is 4. The fourth-order valence-corrected chi connectivity index (χ4v) is 4.66. The number of rotatable bonds is 6. The van der Waals surface area contributed by atoms with Crippen molar-refractivity contribution in [3.05, 3.63) is 104 Å². The number of benzene rings is 3. The zero-order chi connectivity index (χ0) is 24.7. The van der Waals surface area contributed by atoms with Crippen molar-refractivity contribution in [1.29, 1.82) is 0 Å². The van der Waals surface area contributed by atoms with E-state index in [1.807, 2.05) is 55.5 Å². The van der Waals surface area contributed by atoms with E-state index in [0.29, 0.717) is 45.5 Å². The predicted molar refractivity (Wildman–Crippen MR) is 139 cm³/mol. The van der Waals surface area contributed by atoms with Gasteiger partial charge in [-0.15, -0.1) is 0 Å². The standard InChI is InChI=1S/C29H26ClNO4/c1-17(2)12-13-34-22-9-5-7-19(15-22)26-25-27(32)23-16-20(30)10-11-24(23)35-28(25)29(33)31(26)21-8-4-6-18(3)14-21/h4-11,14-17,26H,12-13H2,1-3H3. The molecule has 0 fully saturated rings. The number of anilines is 1. The van der Waals surface area contributed by atoms with Crippen LogP contribution in [0.3, 0.4) is 0 Å². The normalized spacial score (nSPS) is 15.2. The predicted octanol–water partition coefficient (Wildman–Crippen LogP) is 6.93. The molecule has 35 heavy (non-hydrogen) atoms. The molecule has 4 aromatic rings. The van der Waals surface area contributed by atoms with Crippen LogP contribution in [-0.4, -0.2) is 12.5 Å². The van der Waals surface area contributed by atoms with E-state index in [1.165, 1.54) is 0 Å². The lowest BCUT2D eigenvalue weighted by molar-refractivity contribution is 0.0971. The number of aryl methyl sites for hydroxylation is 1. The minimum absolute atomic E-state index is 0.0578. The minimum Gasteiger partial charge on any atom is -0.494 e. The van der Waals surface area contributed by atoms with E-state index in [2.05, 4.69) is 13.8 Å². The molecule has 1 aliphatic rings. The van der Waals surface area contributed by atoms with Crippen molar-refractivity contribution in [2.24, 2.45) is 5.92 Å². The van der Waals surface area contributed by atoms with Crippen LogP contribution < -0.4 is 15.1 Å². The number of nitrogens with zero attached hydrogens (tertiary/aromatic N) is 1. The highest BCUT2D eigenvalue weighted by Crippen LogP contribution is 2.42. The molecule has 0 saturated heterocycles. The molecule has 2 heterocycles. The molecule has 1 aromatic heterocycles. The van der Waals surface area contributed by atoms with Crippen LogP contribution in [0.1, 0.15) is 53.6 Å². The number of halogens is 1. The number of hydrogen-bond donors (Lipinski definition) is 0. The van der Waals surface area contributed by atoms with Crippen LogP contribution in [0.25, 0.3) is 11.0 Å². The van der Waals surface area contributed by atoms with Crippen LogP contribution in [-0.2, 0) is 0 Å². The summed E-state index contributed by atoms with van der Waals surface area (Å²) in [5, 5.41) is 0.784. The molecule has 1 amide bonds. The molecule has 6 heteroatoms. The zero-order valence-electron chi connectivity index (χ0n) is 19.9. The van der Waals surface area contributed by atoms with E-state index in [-0.39, 0.29) is 17.1 Å². The van der Waals surface area contributed by atoms with Gasteiger partial charge in [0.25, 0.3) is 5.91 Å². The molecule has 3 aromatic carbocycles. The van der Waals surface area contributed by atoms with Crippen LogP contribution in [0.4, 0.5) is 5.69 Å². The van der Waals surface area contributed by atoms with Crippen molar-refractivity contribution in [2.75, 3.05) is 11.5 Å². The summed E-state index contributed by atoms with van der Waals surface area (Å²) >= 11 is 6.18. The maximum absolute atomic E-state index is 13.7. The van der Waals surface area contributed by atoms with Crippen LogP contribution in [0.15, 0.2) is 75.9 Å². The minimum atomic E-state index is -0.660. The molecule has 178 valence electrons. The lowest BCUT2D eigenvalue weighted by atomic mass is 9.98. The molecule has 0 N–H and O–H groups in total. The average molecular weight is 488 g/mol. The molecule has 0 saturated carbocycles. The molecule has 0 spiro atoms. The third-order valence-electron chi connectivity index (χ3n) is 6.25. The van der Waals surface area contributed by atoms with Gasteiger partial charge in [0.15, 0.2) is 5.43 Å². The van der Waals surface area contributed by atoms with Crippen LogP contribution in [0, 0.1) is 12.8 Å². The second kappa shape index (κ2) is 9.23. The molecule has 0 aliphatic carbocycles. The van der Waals surface area contributed by atoms with Crippen molar-refractivity contribution in [1.82, 2.24) is 0 Å². The molecule has 1 atom stereocenters. The summed E-state index contributed by atoms with van der Waals surface area (Å²) in [5.74, 6) is 0.929. The molecule has 1 aliphatic heterocycles. The highest BCUT2D eigenvalue weighted by molar-refractivity contribution is 6.31. The molecular weight excluding hydrogens is 462 g/mol. The lowest BCUT2D eigenvalue weighted by Gasteiger charge is -2.26. The van der Waals surface area contributed by atoms with E-state index < -0.39 is 6.04 Å². The topological polar surface area (TPSA) is 59.8 Å². The molecular formula is C29H26ClNO4. The van der Waals surface area contributed by atoms with Gasteiger partial charge in [0.1, 0.15) is 11.3 Å². The van der Waals surface area contributed by atoms with Gasteiger partial charge in [-0.25, -0.2) is 0 Å². The summed E-state index contributed by atoms with van der Waals surface area (Å²) in [6, 6.07) is 19.5. The van der Waals surface area contributed by atoms with Gasteiger partial charge in [-0.2, -0.15) is 0 Å². The Kier molecular flexibility index (Phi) is 6.12. The summed E-state index contributed by atoms with van der Waals surface area (Å²) in [6.07, 6.45) is 0.931. The van der Waals surface area contributed by atoms with Gasteiger partial charge in [0.05, 0.1) is 23.6 Å². The Hall–Kier alpha value is -3.57. The number of ether oxygens (including phenoxy) is 1. The first kappa shape index (κ1) is 23.2. The SMILES string of the molecule is Cc1cccc(N2C(=O)c3oc4ccc(Cl)cc4c(=O)c3C2c2cccc(OCCC(C)C)c2)c1. The summed E-state index contributed by atoms with van der Waals surface area (Å²) < 4.78 is 12.0. The van der Waals surface area contributed by atoms with E-state index in [4.69, 9.17) is 20.8 Å². The molecule has 0 radical (unpaired) electrons. The number of carbonyl (C=O) groups excluding carboxylic acids is 1. The average Bonchev–Trinajstić information content (AvgIpc) is 3.12. The van der Waals surface area contributed by atoms with E-state index in [0.717, 1.165) is 17.5 Å². The van der Waals surface area contributed by atoms with E-state index in [9.17, 15) is 9.59 Å². The third kappa shape index (κ3) is 4.32. The van der Waals surface area contributed by atoms with Crippen LogP contribution in [0.2, 0.25) is 5.02 Å². The highest BCUT2D eigenvalue weighted by atomic mass is 35.5. The van der Waals surface area contributed by atoms with Gasteiger partial charge in [0, 0.05) is 10.7 Å². The summed E-state index contributed by atoms with van der Waals surface area (Å²) in [6.45, 7) is 6.86. The Morgan fingerprint density at radius 1 is 1.03 bits per heavy atom. The third-order valence-corrected chi connectivity index (χ3v) is 6.48. The quantitative estimate of drug-likeness (QED) is 0.296. The van der Waals surface area contributed by atoms with Gasteiger partial charge < -0.3 is 9.15 Å². The fraction of sp³-hybridized carbons (Fsp3) is 0.241. The maximum Gasteiger partial charge on any atom is 0.295 e. The first-order chi connectivity index (χ1) is 16.8. The Balaban J connectivity index is 1.69. The second-order valence-corrected chi connectivity index (χ2v) is 9.77. The van der Waals surface area contributed by atoms with E-state index >= 15 is 0 Å². The number of fused-ring (bicyclic) bond motifs is 2. The summed E-state index contributed by atoms with van der Waals surface area (Å²) in [4.78, 5) is 29.1. The first-order valence-corrected chi connectivity index (χ1v) is 12.1.